The normalized spacial score (nSPS) is 10.1. The SMILES string of the molecule is COc1ccc(Nc2ccccc2N)c(OC)c1C. The third kappa shape index (κ3) is 2.57. The van der Waals surface area contributed by atoms with Crippen molar-refractivity contribution in [2.45, 2.75) is 6.92 Å². The van der Waals surface area contributed by atoms with E-state index >= 15 is 0 Å². The van der Waals surface area contributed by atoms with Crippen LogP contribution in [0.2, 0.25) is 0 Å². The van der Waals surface area contributed by atoms with E-state index < -0.39 is 0 Å². The Bertz CT molecular complexity index is 582. The fraction of sp³-hybridized carbons (Fsp3) is 0.200. The summed E-state index contributed by atoms with van der Waals surface area (Å²) >= 11 is 0. The summed E-state index contributed by atoms with van der Waals surface area (Å²) in [5, 5.41) is 3.28. The average Bonchev–Trinajstić information content (AvgIpc) is 2.42. The lowest BCUT2D eigenvalue weighted by Crippen LogP contribution is -2.00. The molecule has 0 heterocycles. The minimum atomic E-state index is 0.693. The highest BCUT2D eigenvalue weighted by Gasteiger charge is 2.11. The molecule has 4 nitrogen and oxygen atoms in total. The maximum Gasteiger partial charge on any atom is 0.148 e. The standard InChI is InChI=1S/C15H18N2O2/c1-10-14(18-2)9-8-13(15(10)19-3)17-12-7-5-4-6-11(12)16/h4-9,17H,16H2,1-3H3. The minimum Gasteiger partial charge on any atom is -0.496 e. The van der Waals surface area contributed by atoms with Gasteiger partial charge < -0.3 is 20.5 Å². The first kappa shape index (κ1) is 13.1. The van der Waals surface area contributed by atoms with E-state index in [9.17, 15) is 0 Å². The molecule has 0 saturated carbocycles. The highest BCUT2D eigenvalue weighted by molar-refractivity contribution is 5.76. The van der Waals surface area contributed by atoms with Gasteiger partial charge in [-0.3, -0.25) is 0 Å². The van der Waals surface area contributed by atoms with Crippen LogP contribution in [0.1, 0.15) is 5.56 Å². The van der Waals surface area contributed by atoms with Crippen molar-refractivity contribution in [3.63, 3.8) is 0 Å². The molecule has 0 unspecified atom stereocenters. The van der Waals surface area contributed by atoms with Gasteiger partial charge in [-0.25, -0.2) is 0 Å². The number of hydrogen-bond donors (Lipinski definition) is 2. The van der Waals surface area contributed by atoms with E-state index in [4.69, 9.17) is 15.2 Å². The van der Waals surface area contributed by atoms with Crippen LogP contribution in [0.15, 0.2) is 36.4 Å². The molecule has 0 bridgehead atoms. The summed E-state index contributed by atoms with van der Waals surface area (Å²) in [5.41, 5.74) is 9.28. The van der Waals surface area contributed by atoms with Crippen LogP contribution in [0.5, 0.6) is 11.5 Å². The molecule has 100 valence electrons. The third-order valence-electron chi connectivity index (χ3n) is 3.01. The van der Waals surface area contributed by atoms with Crippen molar-refractivity contribution in [1.29, 1.82) is 0 Å². The molecule has 2 rings (SSSR count). The lowest BCUT2D eigenvalue weighted by atomic mass is 10.1. The molecule has 19 heavy (non-hydrogen) atoms. The summed E-state index contributed by atoms with van der Waals surface area (Å²) in [6.07, 6.45) is 0. The Balaban J connectivity index is 2.41. The van der Waals surface area contributed by atoms with Gasteiger partial charge in [0, 0.05) is 5.56 Å². The second-order valence-corrected chi connectivity index (χ2v) is 4.19. The van der Waals surface area contributed by atoms with Gasteiger partial charge in [0.2, 0.25) is 0 Å². The summed E-state index contributed by atoms with van der Waals surface area (Å²) in [6.45, 7) is 1.96. The van der Waals surface area contributed by atoms with E-state index in [0.717, 1.165) is 28.4 Å². The number of nitrogen functional groups attached to an aromatic ring is 1. The molecule has 2 aromatic rings. The molecule has 0 aromatic heterocycles. The quantitative estimate of drug-likeness (QED) is 0.826. The fourth-order valence-corrected chi connectivity index (χ4v) is 2.01. The molecule has 0 aliphatic carbocycles. The van der Waals surface area contributed by atoms with E-state index in [2.05, 4.69) is 5.32 Å². The molecule has 0 radical (unpaired) electrons. The summed E-state index contributed by atoms with van der Waals surface area (Å²) < 4.78 is 10.7. The van der Waals surface area contributed by atoms with Gasteiger partial charge in [0.15, 0.2) is 0 Å². The highest BCUT2D eigenvalue weighted by atomic mass is 16.5. The largest absolute Gasteiger partial charge is 0.496 e. The number of para-hydroxylation sites is 2. The van der Waals surface area contributed by atoms with E-state index in [1.54, 1.807) is 14.2 Å². The lowest BCUT2D eigenvalue weighted by Gasteiger charge is -2.16. The number of nitrogens with two attached hydrogens (primary N) is 1. The zero-order valence-electron chi connectivity index (χ0n) is 11.4. The minimum absolute atomic E-state index is 0.693. The summed E-state index contributed by atoms with van der Waals surface area (Å²) in [4.78, 5) is 0. The summed E-state index contributed by atoms with van der Waals surface area (Å²) in [6, 6.07) is 11.4. The smallest absolute Gasteiger partial charge is 0.148 e. The molecule has 3 N–H and O–H groups in total. The number of hydrogen-bond acceptors (Lipinski definition) is 4. The molecule has 0 saturated heterocycles. The van der Waals surface area contributed by atoms with Crippen LogP contribution in [0.3, 0.4) is 0 Å². The number of benzene rings is 2. The van der Waals surface area contributed by atoms with Gasteiger partial charge in [-0.2, -0.15) is 0 Å². The van der Waals surface area contributed by atoms with Gasteiger partial charge in [-0.05, 0) is 31.2 Å². The molecule has 2 aromatic carbocycles. The second-order valence-electron chi connectivity index (χ2n) is 4.19. The first-order valence-corrected chi connectivity index (χ1v) is 6.00. The molecule has 0 aliphatic rings. The van der Waals surface area contributed by atoms with Crippen molar-refractivity contribution in [3.05, 3.63) is 42.0 Å². The van der Waals surface area contributed by atoms with Crippen molar-refractivity contribution in [2.24, 2.45) is 0 Å². The Morgan fingerprint density at radius 2 is 1.68 bits per heavy atom. The summed E-state index contributed by atoms with van der Waals surface area (Å²) in [7, 11) is 3.28. The van der Waals surface area contributed by atoms with Crippen LogP contribution in [0, 0.1) is 6.92 Å². The number of rotatable bonds is 4. The third-order valence-corrected chi connectivity index (χ3v) is 3.01. The second kappa shape index (κ2) is 5.52. The molecule has 0 amide bonds. The van der Waals surface area contributed by atoms with Gasteiger partial charge in [0.05, 0.1) is 31.3 Å². The topological polar surface area (TPSA) is 56.5 Å². The lowest BCUT2D eigenvalue weighted by molar-refractivity contribution is 0.390. The molecule has 4 heteroatoms. The zero-order chi connectivity index (χ0) is 13.8. The van der Waals surface area contributed by atoms with Crippen LogP contribution in [0.25, 0.3) is 0 Å². The number of methoxy groups -OCH3 is 2. The van der Waals surface area contributed by atoms with E-state index in [1.807, 2.05) is 43.3 Å². The maximum absolute atomic E-state index is 5.93. The zero-order valence-corrected chi connectivity index (χ0v) is 11.4. The Hall–Kier alpha value is -2.36. The Kier molecular flexibility index (Phi) is 3.80. The Morgan fingerprint density at radius 1 is 0.947 bits per heavy atom. The molecular weight excluding hydrogens is 240 g/mol. The van der Waals surface area contributed by atoms with E-state index in [-0.39, 0.29) is 0 Å². The molecule has 0 aliphatic heterocycles. The van der Waals surface area contributed by atoms with Crippen molar-refractivity contribution >= 4 is 17.1 Å². The van der Waals surface area contributed by atoms with Crippen molar-refractivity contribution in [3.8, 4) is 11.5 Å². The highest BCUT2D eigenvalue weighted by Crippen LogP contribution is 2.37. The summed E-state index contributed by atoms with van der Waals surface area (Å²) in [5.74, 6) is 1.55. The van der Waals surface area contributed by atoms with Gasteiger partial charge in [0.1, 0.15) is 11.5 Å². The molecule has 0 spiro atoms. The Morgan fingerprint density at radius 3 is 2.32 bits per heavy atom. The number of ether oxygens (including phenoxy) is 2. The van der Waals surface area contributed by atoms with Crippen molar-refractivity contribution in [2.75, 3.05) is 25.3 Å². The molecular formula is C15H18N2O2. The predicted molar refractivity (Wildman–Crippen MR) is 78.4 cm³/mol. The molecule has 0 atom stereocenters. The maximum atomic E-state index is 5.93. The van der Waals surface area contributed by atoms with Crippen LogP contribution in [-0.4, -0.2) is 14.2 Å². The van der Waals surface area contributed by atoms with Crippen LogP contribution < -0.4 is 20.5 Å². The fourth-order valence-electron chi connectivity index (χ4n) is 2.01. The number of nitrogens with one attached hydrogen (secondary N) is 1. The number of anilines is 3. The van der Waals surface area contributed by atoms with Gasteiger partial charge in [0.25, 0.3) is 0 Å². The first-order valence-electron chi connectivity index (χ1n) is 6.00. The van der Waals surface area contributed by atoms with E-state index in [0.29, 0.717) is 5.69 Å². The van der Waals surface area contributed by atoms with Gasteiger partial charge in [-0.15, -0.1) is 0 Å². The van der Waals surface area contributed by atoms with Gasteiger partial charge >= 0.3 is 0 Å². The molecule has 0 fully saturated rings. The first-order chi connectivity index (χ1) is 9.17. The average molecular weight is 258 g/mol. The van der Waals surface area contributed by atoms with Crippen molar-refractivity contribution in [1.82, 2.24) is 0 Å². The van der Waals surface area contributed by atoms with Crippen LogP contribution in [-0.2, 0) is 0 Å². The van der Waals surface area contributed by atoms with Crippen molar-refractivity contribution < 1.29 is 9.47 Å². The predicted octanol–water partition coefficient (Wildman–Crippen LogP) is 3.34. The van der Waals surface area contributed by atoms with Gasteiger partial charge in [-0.1, -0.05) is 12.1 Å². The Labute approximate surface area is 113 Å². The van der Waals surface area contributed by atoms with E-state index in [1.165, 1.54) is 0 Å². The monoisotopic (exact) mass is 258 g/mol. The van der Waals surface area contributed by atoms with Crippen LogP contribution in [0.4, 0.5) is 17.1 Å². The van der Waals surface area contributed by atoms with Crippen LogP contribution >= 0.6 is 0 Å².